The van der Waals surface area contributed by atoms with Crippen LogP contribution >= 0.6 is 0 Å². The third-order valence-electron chi connectivity index (χ3n) is 20.6. The van der Waals surface area contributed by atoms with E-state index in [0.717, 1.165) is 71.0 Å². The Balaban J connectivity index is 0.862. The molecule has 0 heterocycles. The van der Waals surface area contributed by atoms with Crippen LogP contribution in [0, 0.1) is 71.0 Å². The van der Waals surface area contributed by atoms with Crippen LogP contribution in [0.1, 0.15) is 97.3 Å². The van der Waals surface area contributed by atoms with Crippen LogP contribution < -0.4 is 0 Å². The Kier molecular flexibility index (Phi) is 8.19. The van der Waals surface area contributed by atoms with Gasteiger partial charge in [0, 0.05) is 0 Å². The lowest BCUT2D eigenvalue weighted by molar-refractivity contribution is -0.168. The fourth-order valence-corrected chi connectivity index (χ4v) is 19.2. The van der Waals surface area contributed by atoms with Crippen LogP contribution in [0.2, 0.25) is 0 Å². The van der Waals surface area contributed by atoms with Crippen LogP contribution in [-0.2, 0) is 0 Å². The number of rotatable bonds is 4. The lowest BCUT2D eigenvalue weighted by Gasteiger charge is -2.65. The van der Waals surface area contributed by atoms with Crippen LogP contribution in [0.5, 0.6) is 0 Å². The molecule has 0 nitrogen and oxygen atoms in total. The predicted octanol–water partition coefficient (Wildman–Crippen LogP) is 16.3. The molecule has 15 rings (SSSR count). The van der Waals surface area contributed by atoms with Crippen LogP contribution in [0.15, 0.2) is 170 Å². The first-order chi connectivity index (χ1) is 31.8. The van der Waals surface area contributed by atoms with Crippen molar-refractivity contribution in [2.75, 3.05) is 0 Å². The molecule has 0 aromatic heterocycles. The Morgan fingerprint density at radius 3 is 0.672 bits per heavy atom. The second kappa shape index (κ2) is 14.1. The summed E-state index contributed by atoms with van der Waals surface area (Å²) < 4.78 is 0. The second-order valence-electron chi connectivity index (χ2n) is 22.3. The molecule has 8 aromatic carbocycles. The summed E-state index contributed by atoms with van der Waals surface area (Å²) in [6, 6.07) is 66.9. The number of hydrogen-bond acceptors (Lipinski definition) is 0. The minimum absolute atomic E-state index is 0.577. The summed E-state index contributed by atoms with van der Waals surface area (Å²) in [7, 11) is 0. The minimum atomic E-state index is 0.577. The highest BCUT2D eigenvalue weighted by Gasteiger charge is 2.69. The van der Waals surface area contributed by atoms with Crippen molar-refractivity contribution in [1.82, 2.24) is 0 Å². The van der Waals surface area contributed by atoms with E-state index in [1.807, 2.05) is 0 Å². The topological polar surface area (TPSA) is 0 Å². The summed E-state index contributed by atoms with van der Waals surface area (Å²) in [4.78, 5) is 0. The number of hydrogen-bond donors (Lipinski definition) is 0. The first-order valence-corrected chi connectivity index (χ1v) is 25.7. The lowest BCUT2D eigenvalue weighted by Crippen LogP contribution is -2.59. The summed E-state index contributed by atoms with van der Waals surface area (Å²) in [6.45, 7) is 0. The third-order valence-corrected chi connectivity index (χ3v) is 20.6. The van der Waals surface area contributed by atoms with Crippen molar-refractivity contribution in [1.29, 1.82) is 0 Å². The molecule has 7 fully saturated rings. The van der Waals surface area contributed by atoms with Crippen LogP contribution in [0.3, 0.4) is 0 Å². The van der Waals surface area contributed by atoms with Gasteiger partial charge in [0.1, 0.15) is 0 Å². The molecule has 7 saturated carbocycles. The number of benzene rings is 8. The third kappa shape index (κ3) is 5.07. The van der Waals surface area contributed by atoms with Crippen molar-refractivity contribution in [2.24, 2.45) is 71.0 Å². The Bertz CT molecular complexity index is 2680. The minimum Gasteiger partial charge on any atom is -0.0616 e. The Hall–Kier alpha value is -5.20. The summed E-state index contributed by atoms with van der Waals surface area (Å²) >= 11 is 0. The van der Waals surface area contributed by atoms with Gasteiger partial charge in [-0.2, -0.15) is 0 Å². The summed E-state index contributed by atoms with van der Waals surface area (Å²) in [6.07, 6.45) is 11.6. The molecular weight excluding hydrogens is 769 g/mol. The highest BCUT2D eigenvalue weighted by molar-refractivity contribution is 5.90. The molecule has 64 heavy (non-hydrogen) atoms. The Labute approximate surface area is 379 Å². The fourth-order valence-electron chi connectivity index (χ4n) is 19.2. The molecule has 0 aliphatic heterocycles. The molecule has 0 radical (unpaired) electrons. The normalized spacial score (nSPS) is 36.9. The summed E-state index contributed by atoms with van der Waals surface area (Å²) in [5, 5.41) is 11.8. The van der Waals surface area contributed by atoms with E-state index in [4.69, 9.17) is 0 Å². The smallest absolute Gasteiger partial charge is 0.00528 e. The van der Waals surface area contributed by atoms with Crippen molar-refractivity contribution in [3.63, 3.8) is 0 Å². The zero-order valence-electron chi connectivity index (χ0n) is 37.1. The molecule has 12 atom stereocenters. The zero-order chi connectivity index (χ0) is 41.6. The zero-order valence-corrected chi connectivity index (χ0v) is 37.1. The monoisotopic (exact) mass is 828 g/mol. The maximum Gasteiger partial charge on any atom is -0.00528 e. The molecule has 7 aliphatic carbocycles. The molecule has 0 bridgehead atoms. The second-order valence-corrected chi connectivity index (χ2v) is 22.3. The number of fused-ring (bicyclic) bond motifs is 6. The standard InChI is InChI=1S/C64H60/c1-5-21-41-37(13-1)17-9-25-45(41)59-53-33-29-49-51-31-35-55-61(47-27-11-19-39-15-3-7-23-43(39)47)62(48-28-12-20-40-16-4-8-24-44(40)48)56-36-32-52(58(51)64(55)56)50-30-34-54(63(53)57(49)50)60(59)46-26-10-18-38-14-2-6-22-42(38)46/h1-28,49-64H,29-36H2. The first-order valence-electron chi connectivity index (χ1n) is 25.7. The van der Waals surface area contributed by atoms with Gasteiger partial charge in [-0.25, -0.2) is 0 Å². The van der Waals surface area contributed by atoms with Crippen molar-refractivity contribution in [3.05, 3.63) is 192 Å². The van der Waals surface area contributed by atoms with E-state index in [1.165, 1.54) is 94.5 Å². The van der Waals surface area contributed by atoms with E-state index < -0.39 is 0 Å². The molecule has 0 spiro atoms. The quantitative estimate of drug-likeness (QED) is 0.166. The maximum atomic E-state index is 2.57. The molecule has 0 heteroatoms. The van der Waals surface area contributed by atoms with Gasteiger partial charge in [-0.15, -0.1) is 0 Å². The van der Waals surface area contributed by atoms with E-state index >= 15 is 0 Å². The molecule has 0 amide bonds. The van der Waals surface area contributed by atoms with Gasteiger partial charge >= 0.3 is 0 Å². The summed E-state index contributed by atoms with van der Waals surface area (Å²) in [5.41, 5.74) is 6.63. The average molecular weight is 829 g/mol. The van der Waals surface area contributed by atoms with Gasteiger partial charge in [0.05, 0.1) is 0 Å². The molecule has 0 saturated heterocycles. The molecule has 7 aliphatic rings. The van der Waals surface area contributed by atoms with Crippen LogP contribution in [-0.4, -0.2) is 0 Å². The van der Waals surface area contributed by atoms with Gasteiger partial charge in [-0.05, 0) is 211 Å². The van der Waals surface area contributed by atoms with E-state index in [1.54, 1.807) is 22.3 Å². The fraction of sp³-hybridized carbons (Fsp3) is 0.375. The SMILES string of the molecule is c1ccc2c(C3C4CCC5C6CCC7C(c8cccc9ccccc89)C(c8cccc9ccccc89)C8CCC(C9CCC(C3c3cccc%10ccccc3%10)C4C59)C6C78)cccc2c1. The van der Waals surface area contributed by atoms with Crippen molar-refractivity contribution in [3.8, 4) is 0 Å². The van der Waals surface area contributed by atoms with Crippen LogP contribution in [0.25, 0.3) is 43.1 Å². The molecule has 316 valence electrons. The first kappa shape index (κ1) is 37.1. The Morgan fingerprint density at radius 2 is 0.406 bits per heavy atom. The van der Waals surface area contributed by atoms with E-state index in [-0.39, 0.29) is 0 Å². The Morgan fingerprint density at radius 1 is 0.203 bits per heavy atom. The van der Waals surface area contributed by atoms with Gasteiger partial charge in [0.2, 0.25) is 0 Å². The molecular formula is C64H60. The van der Waals surface area contributed by atoms with Gasteiger partial charge < -0.3 is 0 Å². The highest BCUT2D eigenvalue weighted by Crippen LogP contribution is 2.77. The van der Waals surface area contributed by atoms with Crippen molar-refractivity contribution in [2.45, 2.75) is 75.0 Å². The van der Waals surface area contributed by atoms with Crippen molar-refractivity contribution >= 4 is 43.1 Å². The van der Waals surface area contributed by atoms with Gasteiger partial charge in [0.25, 0.3) is 0 Å². The van der Waals surface area contributed by atoms with Crippen molar-refractivity contribution < 1.29 is 0 Å². The van der Waals surface area contributed by atoms with E-state index in [0.29, 0.717) is 23.7 Å². The van der Waals surface area contributed by atoms with Gasteiger partial charge in [0.15, 0.2) is 0 Å². The van der Waals surface area contributed by atoms with E-state index in [2.05, 4.69) is 170 Å². The summed E-state index contributed by atoms with van der Waals surface area (Å²) in [5.74, 6) is 12.5. The lowest BCUT2D eigenvalue weighted by atomic mass is 9.40. The molecule has 8 aromatic rings. The van der Waals surface area contributed by atoms with Gasteiger partial charge in [-0.3, -0.25) is 0 Å². The van der Waals surface area contributed by atoms with Gasteiger partial charge in [-0.1, -0.05) is 170 Å². The maximum absolute atomic E-state index is 2.57. The average Bonchev–Trinajstić information content (AvgIpc) is 3.88. The van der Waals surface area contributed by atoms with E-state index in [9.17, 15) is 0 Å². The predicted molar refractivity (Wildman–Crippen MR) is 266 cm³/mol. The molecule has 0 N–H and O–H groups in total. The highest BCUT2D eigenvalue weighted by atomic mass is 14.7. The molecule has 12 unspecified atom stereocenters. The van der Waals surface area contributed by atoms with Crippen LogP contribution in [0.4, 0.5) is 0 Å². The largest absolute Gasteiger partial charge is 0.0616 e.